The predicted octanol–water partition coefficient (Wildman–Crippen LogP) is 3.34. The van der Waals surface area contributed by atoms with E-state index in [0.29, 0.717) is 16.6 Å². The first kappa shape index (κ1) is 13.8. The Morgan fingerprint density at radius 1 is 1.38 bits per heavy atom. The largest absolute Gasteiger partial charge is 0.330 e. The first-order chi connectivity index (χ1) is 7.57. The van der Waals surface area contributed by atoms with E-state index in [1.807, 2.05) is 12.1 Å². The summed E-state index contributed by atoms with van der Waals surface area (Å²) in [5.41, 5.74) is 6.56. The Labute approximate surface area is 107 Å². The lowest BCUT2D eigenvalue weighted by Crippen LogP contribution is -2.25. The third-order valence-corrected chi connectivity index (χ3v) is 3.64. The molecule has 4 heteroatoms. The maximum atomic E-state index is 6.18. The second-order valence-corrected chi connectivity index (χ2v) is 4.73. The molecule has 0 aliphatic carbocycles. The van der Waals surface area contributed by atoms with Crippen LogP contribution in [0.1, 0.15) is 24.9 Å². The average molecular weight is 261 g/mol. The molecule has 0 saturated carbocycles. The fourth-order valence-electron chi connectivity index (χ4n) is 1.61. The smallest absolute Gasteiger partial charge is 0.0640 e. The molecule has 0 saturated heterocycles. The van der Waals surface area contributed by atoms with Gasteiger partial charge in [-0.25, -0.2) is 0 Å². The van der Waals surface area contributed by atoms with E-state index in [-0.39, 0.29) is 6.04 Å². The summed E-state index contributed by atoms with van der Waals surface area (Å²) in [7, 11) is 2.07. The van der Waals surface area contributed by atoms with Gasteiger partial charge >= 0.3 is 0 Å². The quantitative estimate of drug-likeness (QED) is 0.880. The fourth-order valence-corrected chi connectivity index (χ4v) is 2.08. The molecule has 1 atom stereocenters. The van der Waals surface area contributed by atoms with Gasteiger partial charge < -0.3 is 5.73 Å². The Morgan fingerprint density at radius 2 is 2.06 bits per heavy atom. The molecule has 1 aromatic carbocycles. The van der Waals surface area contributed by atoms with Crippen LogP contribution in [0.15, 0.2) is 18.2 Å². The zero-order chi connectivity index (χ0) is 12.1. The Bertz CT molecular complexity index is 342. The van der Waals surface area contributed by atoms with Crippen LogP contribution in [0.5, 0.6) is 0 Å². The predicted molar refractivity (Wildman–Crippen MR) is 71.2 cm³/mol. The number of hydrogen-bond acceptors (Lipinski definition) is 2. The molecule has 0 aromatic heterocycles. The summed E-state index contributed by atoms with van der Waals surface area (Å²) in [5.74, 6) is 0. The normalized spacial score (nSPS) is 13.1. The first-order valence-corrected chi connectivity index (χ1v) is 6.17. The molecule has 2 nitrogen and oxygen atoms in total. The maximum absolute atomic E-state index is 6.18. The zero-order valence-electron chi connectivity index (χ0n) is 9.71. The van der Waals surface area contributed by atoms with E-state index < -0.39 is 0 Å². The van der Waals surface area contributed by atoms with E-state index in [2.05, 4.69) is 18.9 Å². The SMILES string of the molecule is CC(c1cccc(Cl)c1Cl)N(C)CCCN. The molecule has 0 aliphatic heterocycles. The van der Waals surface area contributed by atoms with Crippen LogP contribution in [0.3, 0.4) is 0 Å². The third kappa shape index (κ3) is 3.36. The van der Waals surface area contributed by atoms with Crippen LogP contribution >= 0.6 is 23.2 Å². The van der Waals surface area contributed by atoms with Gasteiger partial charge in [0.05, 0.1) is 10.0 Å². The van der Waals surface area contributed by atoms with Gasteiger partial charge in [0.1, 0.15) is 0 Å². The zero-order valence-corrected chi connectivity index (χ0v) is 11.2. The van der Waals surface area contributed by atoms with Crippen LogP contribution in [0, 0.1) is 0 Å². The lowest BCUT2D eigenvalue weighted by Gasteiger charge is -2.25. The van der Waals surface area contributed by atoms with Crippen molar-refractivity contribution in [3.05, 3.63) is 33.8 Å². The number of rotatable bonds is 5. The molecule has 2 N–H and O–H groups in total. The van der Waals surface area contributed by atoms with Crippen LogP contribution < -0.4 is 5.73 Å². The van der Waals surface area contributed by atoms with Crippen molar-refractivity contribution in [3.8, 4) is 0 Å². The van der Waals surface area contributed by atoms with Crippen molar-refractivity contribution in [1.29, 1.82) is 0 Å². The van der Waals surface area contributed by atoms with Gasteiger partial charge in [0.25, 0.3) is 0 Å². The maximum Gasteiger partial charge on any atom is 0.0640 e. The van der Waals surface area contributed by atoms with Gasteiger partial charge in [-0.2, -0.15) is 0 Å². The molecule has 0 amide bonds. The second-order valence-electron chi connectivity index (χ2n) is 3.94. The highest BCUT2D eigenvalue weighted by atomic mass is 35.5. The summed E-state index contributed by atoms with van der Waals surface area (Å²) >= 11 is 12.2. The number of benzene rings is 1. The molecule has 16 heavy (non-hydrogen) atoms. The molecule has 1 aromatic rings. The third-order valence-electron chi connectivity index (χ3n) is 2.81. The van der Waals surface area contributed by atoms with Gasteiger partial charge in [-0.05, 0) is 45.1 Å². The van der Waals surface area contributed by atoms with E-state index in [0.717, 1.165) is 18.5 Å². The molecule has 0 fully saturated rings. The molecule has 0 heterocycles. The number of halogens is 2. The lowest BCUT2D eigenvalue weighted by molar-refractivity contribution is 0.260. The van der Waals surface area contributed by atoms with E-state index in [1.165, 1.54) is 0 Å². The molecular weight excluding hydrogens is 243 g/mol. The Morgan fingerprint density at radius 3 is 2.69 bits per heavy atom. The summed E-state index contributed by atoms with van der Waals surface area (Å²) in [5, 5.41) is 1.26. The summed E-state index contributed by atoms with van der Waals surface area (Å²) < 4.78 is 0. The van der Waals surface area contributed by atoms with Crippen molar-refractivity contribution in [2.75, 3.05) is 20.1 Å². The van der Waals surface area contributed by atoms with Gasteiger partial charge in [-0.3, -0.25) is 4.90 Å². The minimum absolute atomic E-state index is 0.248. The average Bonchev–Trinajstić information content (AvgIpc) is 2.28. The molecule has 90 valence electrons. The highest BCUT2D eigenvalue weighted by Gasteiger charge is 2.15. The Kier molecular flexibility index (Phi) is 5.56. The molecule has 0 aliphatic rings. The highest BCUT2D eigenvalue weighted by Crippen LogP contribution is 2.31. The van der Waals surface area contributed by atoms with Crippen molar-refractivity contribution in [3.63, 3.8) is 0 Å². The van der Waals surface area contributed by atoms with Crippen molar-refractivity contribution in [2.45, 2.75) is 19.4 Å². The van der Waals surface area contributed by atoms with Gasteiger partial charge in [0.2, 0.25) is 0 Å². The van der Waals surface area contributed by atoms with E-state index in [4.69, 9.17) is 28.9 Å². The van der Waals surface area contributed by atoms with Gasteiger partial charge in [-0.15, -0.1) is 0 Å². The van der Waals surface area contributed by atoms with E-state index >= 15 is 0 Å². The summed E-state index contributed by atoms with van der Waals surface area (Å²) in [6.07, 6.45) is 0.985. The number of hydrogen-bond donors (Lipinski definition) is 1. The van der Waals surface area contributed by atoms with Crippen molar-refractivity contribution >= 4 is 23.2 Å². The molecule has 0 spiro atoms. The fraction of sp³-hybridized carbons (Fsp3) is 0.500. The van der Waals surface area contributed by atoms with Gasteiger partial charge in [0, 0.05) is 6.04 Å². The summed E-state index contributed by atoms with van der Waals surface area (Å²) in [6, 6.07) is 5.99. The molecule has 1 rings (SSSR count). The number of nitrogens with zero attached hydrogens (tertiary/aromatic N) is 1. The lowest BCUT2D eigenvalue weighted by atomic mass is 10.1. The van der Waals surface area contributed by atoms with Crippen LogP contribution in [0.2, 0.25) is 10.0 Å². The van der Waals surface area contributed by atoms with E-state index in [9.17, 15) is 0 Å². The highest BCUT2D eigenvalue weighted by molar-refractivity contribution is 6.42. The van der Waals surface area contributed by atoms with Crippen LogP contribution in [-0.4, -0.2) is 25.0 Å². The summed E-state index contributed by atoms with van der Waals surface area (Å²) in [6.45, 7) is 3.79. The van der Waals surface area contributed by atoms with Crippen LogP contribution in [0.4, 0.5) is 0 Å². The standard InChI is InChI=1S/C12H18Cl2N2/c1-9(16(2)8-4-7-15)10-5-3-6-11(13)12(10)14/h3,5-6,9H,4,7-8,15H2,1-2H3. The molecular formula is C12H18Cl2N2. The Hall–Kier alpha value is -0.280. The van der Waals surface area contributed by atoms with E-state index in [1.54, 1.807) is 6.07 Å². The van der Waals surface area contributed by atoms with Crippen LogP contribution in [-0.2, 0) is 0 Å². The van der Waals surface area contributed by atoms with Crippen molar-refractivity contribution in [2.24, 2.45) is 5.73 Å². The molecule has 1 unspecified atom stereocenters. The Balaban J connectivity index is 2.79. The van der Waals surface area contributed by atoms with Crippen molar-refractivity contribution in [1.82, 2.24) is 4.90 Å². The number of nitrogens with two attached hydrogens (primary N) is 1. The minimum Gasteiger partial charge on any atom is -0.330 e. The second kappa shape index (κ2) is 6.45. The van der Waals surface area contributed by atoms with Crippen LogP contribution in [0.25, 0.3) is 0 Å². The first-order valence-electron chi connectivity index (χ1n) is 5.42. The monoisotopic (exact) mass is 260 g/mol. The minimum atomic E-state index is 0.248. The molecule has 0 bridgehead atoms. The van der Waals surface area contributed by atoms with Crippen molar-refractivity contribution < 1.29 is 0 Å². The topological polar surface area (TPSA) is 29.3 Å². The molecule has 0 radical (unpaired) electrons. The van der Waals surface area contributed by atoms with Gasteiger partial charge in [0.15, 0.2) is 0 Å². The van der Waals surface area contributed by atoms with Gasteiger partial charge in [-0.1, -0.05) is 35.3 Å². The summed E-state index contributed by atoms with van der Waals surface area (Å²) in [4.78, 5) is 2.23.